The summed E-state index contributed by atoms with van der Waals surface area (Å²) in [6.07, 6.45) is 1.47. The fraction of sp³-hybridized carbons (Fsp3) is 0.636. The fourth-order valence-corrected chi connectivity index (χ4v) is 1.48. The molecule has 0 aromatic carbocycles. The summed E-state index contributed by atoms with van der Waals surface area (Å²) in [5, 5.41) is 24.0. The van der Waals surface area contributed by atoms with Crippen molar-refractivity contribution in [1.82, 2.24) is 0 Å². The Labute approximate surface area is 137 Å². The van der Waals surface area contributed by atoms with E-state index in [4.69, 9.17) is 3.50 Å². The quantitative estimate of drug-likeness (QED) is 0.527. The van der Waals surface area contributed by atoms with Gasteiger partial charge in [0.2, 0.25) is 0 Å². The van der Waals surface area contributed by atoms with Crippen molar-refractivity contribution in [3.8, 4) is 0 Å². The second kappa shape index (κ2) is 11.9. The van der Waals surface area contributed by atoms with Crippen LogP contribution in [0.15, 0.2) is 0 Å². The Bertz CT molecular complexity index is 413. The Morgan fingerprint density at radius 3 is 2.05 bits per heavy atom. The van der Waals surface area contributed by atoms with Gasteiger partial charge in [-0.15, -0.1) is 6.54 Å². The third-order valence-corrected chi connectivity index (χ3v) is 2.42. The van der Waals surface area contributed by atoms with Crippen molar-refractivity contribution in [3.63, 3.8) is 0 Å². The molecule has 1 atom stereocenters. The monoisotopic (exact) mass is 396 g/mol. The Morgan fingerprint density at radius 1 is 1.00 bits per heavy atom. The molecule has 1 rings (SSSR count). The first kappa shape index (κ1) is 20.3. The molecule has 22 heavy (non-hydrogen) atoms. The number of hydrogen-bond acceptors (Lipinski definition) is 6. The Morgan fingerprint density at radius 2 is 1.55 bits per heavy atom. The molecule has 125 valence electrons. The molecule has 0 bridgehead atoms. The van der Waals surface area contributed by atoms with Gasteiger partial charge in [-0.2, -0.15) is 0 Å². The van der Waals surface area contributed by atoms with Gasteiger partial charge in [-0.25, -0.2) is 0 Å². The SMILES string of the molecule is O=C([O-])C[N-]C(=O)C[N-]C(=O)C[N-]C(=O)[C@@H]1CCC[N-]1.[O]=[99Tc]. The fourth-order valence-electron chi connectivity index (χ4n) is 1.48. The molecule has 0 aliphatic carbocycles. The van der Waals surface area contributed by atoms with Gasteiger partial charge in [0.1, 0.15) is 0 Å². The molecule has 0 N–H and O–H groups in total. The van der Waals surface area contributed by atoms with E-state index in [9.17, 15) is 24.3 Å². The van der Waals surface area contributed by atoms with E-state index in [1.807, 2.05) is 0 Å². The van der Waals surface area contributed by atoms with Crippen molar-refractivity contribution in [3.05, 3.63) is 21.3 Å². The van der Waals surface area contributed by atoms with Crippen molar-refractivity contribution in [2.45, 2.75) is 18.9 Å². The summed E-state index contributed by atoms with van der Waals surface area (Å²) in [5.74, 6) is -3.54. The molecular weight excluding hydrogens is 383 g/mol. The van der Waals surface area contributed by atoms with Crippen LogP contribution in [-0.4, -0.2) is 55.9 Å². The van der Waals surface area contributed by atoms with Crippen LogP contribution >= 0.6 is 0 Å². The van der Waals surface area contributed by atoms with Gasteiger partial charge in [-0.1, -0.05) is 38.5 Å². The summed E-state index contributed by atoms with van der Waals surface area (Å²) < 4.78 is 8.22. The molecule has 0 aromatic rings. The van der Waals surface area contributed by atoms with Crippen LogP contribution in [-0.2, 0) is 41.5 Å². The van der Waals surface area contributed by atoms with Crippen molar-refractivity contribution >= 4 is 23.7 Å². The molecule has 1 aliphatic rings. The van der Waals surface area contributed by atoms with Crippen LogP contribution in [0.5, 0.6) is 0 Å². The summed E-state index contributed by atoms with van der Waals surface area (Å²) in [5.41, 5.74) is 0. The number of hydrogen-bond donors (Lipinski definition) is 0. The third-order valence-electron chi connectivity index (χ3n) is 2.42. The predicted octanol–water partition coefficient (Wildman–Crippen LogP) is -1.15. The number of aliphatic carboxylic acids is 1. The number of rotatable bonds is 7. The molecule has 0 saturated carbocycles. The molecular formula is C11H13N4O6Tc-5. The van der Waals surface area contributed by atoms with E-state index in [1.54, 1.807) is 0 Å². The number of amides is 3. The standard InChI is InChI=1S/C11H17N4O5.O.Tc/c16-8(14-6-10(18)19)4-13-9(17)5-15-11(20)7-2-1-3-12-7;;/h7H,1-6H2,(H4,13,14,15,16,17,18,19,20);;/q-1;;/p-4/t7-;;/m0../s1/i;;1+1. The molecule has 1 aliphatic heterocycles. The average molecular weight is 396 g/mol. The summed E-state index contributed by atoms with van der Waals surface area (Å²) in [4.78, 5) is 43.7. The van der Waals surface area contributed by atoms with Gasteiger partial charge in [0.25, 0.3) is 0 Å². The molecule has 0 radical (unpaired) electrons. The van der Waals surface area contributed by atoms with Crippen molar-refractivity contribution < 1.29 is 46.6 Å². The van der Waals surface area contributed by atoms with Gasteiger partial charge in [-0.05, 0) is 0 Å². The molecule has 11 heteroatoms. The van der Waals surface area contributed by atoms with Gasteiger partial charge in [0.15, 0.2) is 0 Å². The number of carbonyl (C=O) groups is 4. The predicted molar refractivity (Wildman–Crippen MR) is 66.6 cm³/mol. The van der Waals surface area contributed by atoms with E-state index in [2.05, 4.69) is 21.3 Å². The molecule has 0 unspecified atom stereocenters. The second-order valence-electron chi connectivity index (χ2n) is 4.01. The van der Waals surface area contributed by atoms with Gasteiger partial charge in [0, 0.05) is 23.7 Å². The van der Waals surface area contributed by atoms with Crippen LogP contribution in [0.1, 0.15) is 12.8 Å². The van der Waals surface area contributed by atoms with E-state index < -0.39 is 49.4 Å². The van der Waals surface area contributed by atoms with Crippen LogP contribution in [0.4, 0.5) is 0 Å². The van der Waals surface area contributed by atoms with Crippen LogP contribution in [0.2, 0.25) is 0 Å². The Kier molecular flexibility index (Phi) is 11.0. The zero-order chi connectivity index (χ0) is 17.0. The summed E-state index contributed by atoms with van der Waals surface area (Å²) >= 11 is 0.900. The number of carbonyl (C=O) groups excluding carboxylic acids is 4. The summed E-state index contributed by atoms with van der Waals surface area (Å²) in [7, 11) is 0. The molecule has 3 amide bonds. The maximum atomic E-state index is 11.5. The van der Waals surface area contributed by atoms with Crippen molar-refractivity contribution in [1.29, 1.82) is 0 Å². The van der Waals surface area contributed by atoms with Gasteiger partial charge >= 0.3 is 22.4 Å². The normalized spacial score (nSPS) is 15.9. The summed E-state index contributed by atoms with van der Waals surface area (Å²) in [6.45, 7) is -1.16. The minimum absolute atomic E-state index is 0.446. The van der Waals surface area contributed by atoms with Crippen molar-refractivity contribution in [2.75, 3.05) is 26.2 Å². The average Bonchev–Trinajstić information content (AvgIpc) is 3.04. The van der Waals surface area contributed by atoms with E-state index >= 15 is 0 Å². The minimum atomic E-state index is -1.49. The van der Waals surface area contributed by atoms with Gasteiger partial charge in [-0.3, -0.25) is 0 Å². The molecule has 0 spiro atoms. The van der Waals surface area contributed by atoms with E-state index in [-0.39, 0.29) is 0 Å². The molecule has 0 aromatic heterocycles. The van der Waals surface area contributed by atoms with E-state index in [1.165, 1.54) is 0 Å². The summed E-state index contributed by atoms with van der Waals surface area (Å²) in [6, 6.07) is -0.470. The van der Waals surface area contributed by atoms with E-state index in [0.717, 1.165) is 25.3 Å². The zero-order valence-electron chi connectivity index (χ0n) is 11.4. The molecule has 1 heterocycles. The second-order valence-corrected chi connectivity index (χ2v) is 4.01. The van der Waals surface area contributed by atoms with Gasteiger partial charge < -0.3 is 45.6 Å². The molecule has 10 nitrogen and oxygen atoms in total. The van der Waals surface area contributed by atoms with E-state index in [0.29, 0.717) is 13.0 Å². The maximum absolute atomic E-state index is 11.5. The Hall–Kier alpha value is -1.71. The number of carboxylic acid groups (broad SMARTS) is 1. The van der Waals surface area contributed by atoms with Crippen LogP contribution in [0.3, 0.4) is 0 Å². The number of nitrogens with zero attached hydrogens (tertiary/aromatic N) is 4. The number of carboxylic acids is 1. The first-order valence-electron chi connectivity index (χ1n) is 6.13. The first-order valence-corrected chi connectivity index (χ1v) is 6.89. The van der Waals surface area contributed by atoms with Crippen LogP contribution < -0.4 is 5.11 Å². The van der Waals surface area contributed by atoms with Crippen molar-refractivity contribution in [2.24, 2.45) is 0 Å². The van der Waals surface area contributed by atoms with Crippen LogP contribution in [0, 0.1) is 0 Å². The Balaban J connectivity index is 0.00000211. The molecule has 1 fully saturated rings. The molecule has 1 saturated heterocycles. The zero-order valence-corrected chi connectivity index (χ0v) is 13.3. The first-order chi connectivity index (χ1) is 10.5. The van der Waals surface area contributed by atoms with Gasteiger partial charge in [0.05, 0.1) is 0 Å². The topological polar surface area (TPSA) is 165 Å². The third kappa shape index (κ3) is 9.27. The van der Waals surface area contributed by atoms with Crippen LogP contribution in [0.25, 0.3) is 21.3 Å².